The summed E-state index contributed by atoms with van der Waals surface area (Å²) in [4.78, 5) is 24.0. The number of piperazine rings is 1. The van der Waals surface area contributed by atoms with Crippen molar-refractivity contribution in [3.63, 3.8) is 0 Å². The molecule has 0 atom stereocenters. The highest BCUT2D eigenvalue weighted by molar-refractivity contribution is 5.94. The van der Waals surface area contributed by atoms with Crippen molar-refractivity contribution in [2.24, 2.45) is 0 Å². The molecule has 0 spiro atoms. The van der Waals surface area contributed by atoms with E-state index >= 15 is 0 Å². The highest BCUT2D eigenvalue weighted by Crippen LogP contribution is 2.08. The number of hydrogen-bond acceptors (Lipinski definition) is 5. The molecule has 1 aliphatic heterocycles. The van der Waals surface area contributed by atoms with Crippen LogP contribution in [0, 0.1) is 0 Å². The number of carboxylic acids is 1. The molecule has 0 saturated carbocycles. The lowest BCUT2D eigenvalue weighted by Gasteiger charge is -2.26. The monoisotopic (exact) mass is 225 g/mol. The number of carbonyl (C=O) groups excluding carboxylic acids is 1. The molecule has 0 unspecified atom stereocenters. The summed E-state index contributed by atoms with van der Waals surface area (Å²) in [6.07, 6.45) is 0. The fourth-order valence-corrected chi connectivity index (χ4v) is 1.50. The van der Waals surface area contributed by atoms with E-state index in [-0.39, 0.29) is 17.4 Å². The van der Waals surface area contributed by atoms with Crippen LogP contribution >= 0.6 is 0 Å². The van der Waals surface area contributed by atoms with Gasteiger partial charge in [0.15, 0.2) is 5.69 Å². The minimum absolute atomic E-state index is 0.0284. The Hall–Kier alpha value is -1.89. The van der Waals surface area contributed by atoms with Gasteiger partial charge in [-0.05, 0) is 0 Å². The average Bonchev–Trinajstić information content (AvgIpc) is 2.78. The Kier molecular flexibility index (Phi) is 2.86. The molecule has 1 saturated heterocycles. The van der Waals surface area contributed by atoms with Gasteiger partial charge < -0.3 is 19.8 Å². The largest absolute Gasteiger partial charge is 0.476 e. The Labute approximate surface area is 91.0 Å². The lowest BCUT2D eigenvalue weighted by molar-refractivity contribution is 0.0671. The van der Waals surface area contributed by atoms with Gasteiger partial charge >= 0.3 is 5.97 Å². The maximum absolute atomic E-state index is 11.8. The molecule has 7 heteroatoms. The molecular weight excluding hydrogens is 214 g/mol. The molecule has 0 radical (unpaired) electrons. The molecule has 1 amide bonds. The van der Waals surface area contributed by atoms with Crippen LogP contribution in [0.3, 0.4) is 0 Å². The zero-order valence-corrected chi connectivity index (χ0v) is 8.47. The van der Waals surface area contributed by atoms with E-state index in [0.717, 1.165) is 19.2 Å². The zero-order chi connectivity index (χ0) is 11.5. The number of nitrogens with one attached hydrogen (secondary N) is 1. The van der Waals surface area contributed by atoms with E-state index in [1.807, 2.05) is 0 Å². The van der Waals surface area contributed by atoms with Crippen molar-refractivity contribution < 1.29 is 19.2 Å². The number of carbonyl (C=O) groups is 2. The second-order valence-electron chi connectivity index (χ2n) is 3.42. The minimum Gasteiger partial charge on any atom is -0.476 e. The lowest BCUT2D eigenvalue weighted by Crippen LogP contribution is -2.46. The van der Waals surface area contributed by atoms with Crippen molar-refractivity contribution in [3.8, 4) is 0 Å². The van der Waals surface area contributed by atoms with Crippen LogP contribution in [0.15, 0.2) is 10.6 Å². The predicted molar refractivity (Wildman–Crippen MR) is 52.2 cm³/mol. The molecule has 0 aliphatic carbocycles. The van der Waals surface area contributed by atoms with Crippen molar-refractivity contribution in [3.05, 3.63) is 17.5 Å². The van der Waals surface area contributed by atoms with Crippen LogP contribution in [-0.2, 0) is 0 Å². The summed E-state index contributed by atoms with van der Waals surface area (Å²) in [5, 5.41) is 15.0. The van der Waals surface area contributed by atoms with Gasteiger partial charge in [-0.1, -0.05) is 5.16 Å². The third-order valence-electron chi connectivity index (χ3n) is 2.34. The van der Waals surface area contributed by atoms with E-state index in [1.165, 1.54) is 0 Å². The van der Waals surface area contributed by atoms with Gasteiger partial charge in [-0.2, -0.15) is 0 Å². The van der Waals surface area contributed by atoms with Gasteiger partial charge in [-0.25, -0.2) is 4.79 Å². The standard InChI is InChI=1S/C9H11N3O4/c13-8(12-3-1-10-2-4-12)7-5-6(9(14)15)11-16-7/h5,10H,1-4H2,(H,14,15). The van der Waals surface area contributed by atoms with Crippen LogP contribution in [-0.4, -0.2) is 53.2 Å². The lowest BCUT2D eigenvalue weighted by atomic mass is 10.3. The fraction of sp³-hybridized carbons (Fsp3) is 0.444. The molecule has 1 aromatic rings. The van der Waals surface area contributed by atoms with E-state index < -0.39 is 5.97 Å². The molecule has 0 bridgehead atoms. The van der Waals surface area contributed by atoms with Crippen LogP contribution in [0.5, 0.6) is 0 Å². The normalized spacial score (nSPS) is 16.1. The van der Waals surface area contributed by atoms with E-state index in [4.69, 9.17) is 9.63 Å². The van der Waals surface area contributed by atoms with Crippen LogP contribution < -0.4 is 5.32 Å². The van der Waals surface area contributed by atoms with E-state index in [0.29, 0.717) is 13.1 Å². The Bertz CT molecular complexity index is 409. The van der Waals surface area contributed by atoms with Gasteiger partial charge in [-0.15, -0.1) is 0 Å². The summed E-state index contributed by atoms with van der Waals surface area (Å²) in [5.41, 5.74) is -0.251. The number of nitrogens with zero attached hydrogens (tertiary/aromatic N) is 2. The van der Waals surface area contributed by atoms with Gasteiger partial charge in [0, 0.05) is 32.2 Å². The number of carboxylic acid groups (broad SMARTS) is 1. The maximum atomic E-state index is 11.8. The first kappa shape index (κ1) is 10.6. The molecule has 2 heterocycles. The Morgan fingerprint density at radius 2 is 2.12 bits per heavy atom. The summed E-state index contributed by atoms with van der Waals surface area (Å²) >= 11 is 0. The number of hydrogen-bond donors (Lipinski definition) is 2. The Morgan fingerprint density at radius 3 is 2.69 bits per heavy atom. The Balaban J connectivity index is 2.10. The molecular formula is C9H11N3O4. The van der Waals surface area contributed by atoms with E-state index in [1.54, 1.807) is 4.90 Å². The summed E-state index contributed by atoms with van der Waals surface area (Å²) in [7, 11) is 0. The summed E-state index contributed by atoms with van der Waals surface area (Å²) in [6.45, 7) is 2.63. The van der Waals surface area contributed by atoms with E-state index in [9.17, 15) is 9.59 Å². The topological polar surface area (TPSA) is 95.7 Å². The predicted octanol–water partition coefficient (Wildman–Crippen LogP) is -0.582. The third kappa shape index (κ3) is 2.03. The van der Waals surface area contributed by atoms with Crippen molar-refractivity contribution in [1.29, 1.82) is 0 Å². The van der Waals surface area contributed by atoms with Crippen molar-refractivity contribution in [2.45, 2.75) is 0 Å². The second kappa shape index (κ2) is 4.31. The number of amides is 1. The first-order chi connectivity index (χ1) is 7.68. The number of aromatic carboxylic acids is 1. The quantitative estimate of drug-likeness (QED) is 0.699. The molecule has 1 aromatic heterocycles. The summed E-state index contributed by atoms with van der Waals surface area (Å²) in [5.74, 6) is -1.55. The number of aromatic nitrogens is 1. The smallest absolute Gasteiger partial charge is 0.358 e. The van der Waals surface area contributed by atoms with Crippen LogP contribution in [0.1, 0.15) is 21.0 Å². The van der Waals surface area contributed by atoms with Crippen molar-refractivity contribution in [2.75, 3.05) is 26.2 Å². The molecule has 2 N–H and O–H groups in total. The first-order valence-corrected chi connectivity index (χ1v) is 4.88. The fourth-order valence-electron chi connectivity index (χ4n) is 1.50. The molecule has 16 heavy (non-hydrogen) atoms. The third-order valence-corrected chi connectivity index (χ3v) is 2.34. The van der Waals surface area contributed by atoms with Crippen molar-refractivity contribution in [1.82, 2.24) is 15.4 Å². The first-order valence-electron chi connectivity index (χ1n) is 4.88. The maximum Gasteiger partial charge on any atom is 0.358 e. The highest BCUT2D eigenvalue weighted by atomic mass is 16.5. The van der Waals surface area contributed by atoms with Gasteiger partial charge in [0.05, 0.1) is 0 Å². The minimum atomic E-state index is -1.21. The second-order valence-corrected chi connectivity index (χ2v) is 3.42. The van der Waals surface area contributed by atoms with Crippen LogP contribution in [0.2, 0.25) is 0 Å². The van der Waals surface area contributed by atoms with Crippen LogP contribution in [0.25, 0.3) is 0 Å². The summed E-state index contributed by atoms with van der Waals surface area (Å²) in [6, 6.07) is 1.15. The van der Waals surface area contributed by atoms with Gasteiger partial charge in [0.2, 0.25) is 5.76 Å². The van der Waals surface area contributed by atoms with Crippen molar-refractivity contribution >= 4 is 11.9 Å². The molecule has 1 fully saturated rings. The summed E-state index contributed by atoms with van der Waals surface area (Å²) < 4.78 is 4.70. The average molecular weight is 225 g/mol. The van der Waals surface area contributed by atoms with Gasteiger partial charge in [0.1, 0.15) is 0 Å². The molecule has 86 valence electrons. The van der Waals surface area contributed by atoms with Crippen LogP contribution in [0.4, 0.5) is 0 Å². The SMILES string of the molecule is O=C(O)c1cc(C(=O)N2CCNCC2)on1. The molecule has 1 aliphatic rings. The van der Waals surface area contributed by atoms with Gasteiger partial charge in [0.25, 0.3) is 5.91 Å². The van der Waals surface area contributed by atoms with E-state index in [2.05, 4.69) is 10.5 Å². The molecule has 7 nitrogen and oxygen atoms in total. The molecule has 0 aromatic carbocycles. The molecule has 2 rings (SSSR count). The zero-order valence-electron chi connectivity index (χ0n) is 8.47. The van der Waals surface area contributed by atoms with Gasteiger partial charge in [-0.3, -0.25) is 4.79 Å². The highest BCUT2D eigenvalue weighted by Gasteiger charge is 2.23. The Morgan fingerprint density at radius 1 is 1.44 bits per heavy atom. The number of rotatable bonds is 2.